The summed E-state index contributed by atoms with van der Waals surface area (Å²) in [4.78, 5) is 0. The third-order valence-corrected chi connectivity index (χ3v) is 3.69. The van der Waals surface area contributed by atoms with Crippen molar-refractivity contribution in [2.45, 2.75) is 19.1 Å². The lowest BCUT2D eigenvalue weighted by Gasteiger charge is -2.12. The molecule has 4 heteroatoms. The van der Waals surface area contributed by atoms with Crippen molar-refractivity contribution in [2.24, 2.45) is 0 Å². The number of hydrogen-bond donors (Lipinski definition) is 1. The van der Waals surface area contributed by atoms with Crippen molar-refractivity contribution in [3.63, 3.8) is 0 Å². The van der Waals surface area contributed by atoms with E-state index in [9.17, 15) is 4.39 Å². The lowest BCUT2D eigenvalue weighted by atomic mass is 10.1. The summed E-state index contributed by atoms with van der Waals surface area (Å²) < 4.78 is 18.9. The predicted molar refractivity (Wildman–Crippen MR) is 77.7 cm³/mol. The summed E-state index contributed by atoms with van der Waals surface area (Å²) in [7, 11) is 0. The molecule has 0 amide bonds. The normalized spacial score (nSPS) is 16.8. The highest BCUT2D eigenvalue weighted by Gasteiger charge is 2.21. The van der Waals surface area contributed by atoms with E-state index in [1.807, 2.05) is 18.2 Å². The van der Waals surface area contributed by atoms with Crippen LogP contribution in [0.3, 0.4) is 0 Å². The average molecular weight is 292 g/mol. The highest BCUT2D eigenvalue weighted by atomic mass is 35.5. The van der Waals surface area contributed by atoms with Crippen LogP contribution in [-0.2, 0) is 13.0 Å². The first kappa shape index (κ1) is 13.4. The lowest BCUT2D eigenvalue weighted by Crippen LogP contribution is -2.29. The number of halogens is 2. The minimum atomic E-state index is -0.384. The smallest absolute Gasteiger partial charge is 0.141 e. The molecule has 2 aromatic carbocycles. The Balaban J connectivity index is 1.51. The molecular weight excluding hydrogens is 277 g/mol. The van der Waals surface area contributed by atoms with E-state index >= 15 is 0 Å². The molecule has 20 heavy (non-hydrogen) atoms. The van der Waals surface area contributed by atoms with Crippen molar-refractivity contribution in [3.8, 4) is 5.75 Å². The maximum atomic E-state index is 13.0. The van der Waals surface area contributed by atoms with Crippen molar-refractivity contribution < 1.29 is 9.13 Å². The Hall–Kier alpha value is -1.58. The summed E-state index contributed by atoms with van der Waals surface area (Å²) in [6.45, 7) is 1.40. The first-order chi connectivity index (χ1) is 9.72. The van der Waals surface area contributed by atoms with E-state index < -0.39 is 0 Å². The summed E-state index contributed by atoms with van der Waals surface area (Å²) >= 11 is 5.75. The van der Waals surface area contributed by atoms with Gasteiger partial charge in [0.05, 0.1) is 5.02 Å². The number of benzene rings is 2. The third kappa shape index (κ3) is 2.94. The molecular formula is C16H15ClFNO. The maximum absolute atomic E-state index is 13.0. The van der Waals surface area contributed by atoms with E-state index in [0.29, 0.717) is 6.54 Å². The third-order valence-electron chi connectivity index (χ3n) is 3.40. The van der Waals surface area contributed by atoms with Gasteiger partial charge in [-0.25, -0.2) is 4.39 Å². The molecule has 1 aliphatic heterocycles. The van der Waals surface area contributed by atoms with Gasteiger partial charge in [0.25, 0.3) is 0 Å². The standard InChI is InChI=1S/C16H15ClFNO/c17-14-7-11(5-6-15(14)18)9-19-10-13-8-12-3-1-2-4-16(12)20-13/h1-7,13,19H,8-10H2. The van der Waals surface area contributed by atoms with Gasteiger partial charge in [0.2, 0.25) is 0 Å². The van der Waals surface area contributed by atoms with E-state index in [1.165, 1.54) is 11.6 Å². The lowest BCUT2D eigenvalue weighted by molar-refractivity contribution is 0.227. The van der Waals surface area contributed by atoms with E-state index in [-0.39, 0.29) is 16.9 Å². The van der Waals surface area contributed by atoms with Crippen LogP contribution in [0.15, 0.2) is 42.5 Å². The molecule has 0 saturated heterocycles. The van der Waals surface area contributed by atoms with Crippen LogP contribution in [-0.4, -0.2) is 12.6 Å². The number of para-hydroxylation sites is 1. The van der Waals surface area contributed by atoms with Gasteiger partial charge >= 0.3 is 0 Å². The van der Waals surface area contributed by atoms with Crippen LogP contribution in [0.25, 0.3) is 0 Å². The summed E-state index contributed by atoms with van der Waals surface area (Å²) in [5, 5.41) is 3.48. The van der Waals surface area contributed by atoms with Crippen LogP contribution >= 0.6 is 11.6 Å². The van der Waals surface area contributed by atoms with E-state index in [2.05, 4.69) is 11.4 Å². The molecule has 3 rings (SSSR count). The predicted octanol–water partition coefficient (Wildman–Crippen LogP) is 3.57. The Kier molecular flexibility index (Phi) is 3.90. The first-order valence-corrected chi connectivity index (χ1v) is 6.99. The molecule has 0 saturated carbocycles. The van der Waals surface area contributed by atoms with Crippen molar-refractivity contribution in [2.75, 3.05) is 6.54 Å². The van der Waals surface area contributed by atoms with Crippen molar-refractivity contribution >= 4 is 11.6 Å². The van der Waals surface area contributed by atoms with Gasteiger partial charge in [-0.1, -0.05) is 35.9 Å². The molecule has 2 aromatic rings. The zero-order valence-corrected chi connectivity index (χ0v) is 11.7. The topological polar surface area (TPSA) is 21.3 Å². The quantitative estimate of drug-likeness (QED) is 0.930. The molecule has 0 aliphatic carbocycles. The molecule has 1 heterocycles. The van der Waals surface area contributed by atoms with E-state index in [4.69, 9.17) is 16.3 Å². The fourth-order valence-electron chi connectivity index (χ4n) is 2.39. The summed E-state index contributed by atoms with van der Waals surface area (Å²) in [6.07, 6.45) is 1.08. The van der Waals surface area contributed by atoms with Crippen molar-refractivity contribution in [3.05, 3.63) is 64.4 Å². The van der Waals surface area contributed by atoms with E-state index in [1.54, 1.807) is 12.1 Å². The van der Waals surface area contributed by atoms with Crippen LogP contribution in [0.2, 0.25) is 5.02 Å². The summed E-state index contributed by atoms with van der Waals surface area (Å²) in [5.41, 5.74) is 2.22. The molecule has 104 valence electrons. The molecule has 2 nitrogen and oxygen atoms in total. The minimum absolute atomic E-state index is 0.156. The Morgan fingerprint density at radius 3 is 2.90 bits per heavy atom. The number of nitrogens with one attached hydrogen (secondary N) is 1. The second kappa shape index (κ2) is 5.81. The van der Waals surface area contributed by atoms with Gasteiger partial charge < -0.3 is 10.1 Å². The zero-order valence-electron chi connectivity index (χ0n) is 10.9. The average Bonchev–Trinajstić information content (AvgIpc) is 2.85. The number of rotatable bonds is 4. The van der Waals surface area contributed by atoms with Gasteiger partial charge in [0.1, 0.15) is 17.7 Å². The largest absolute Gasteiger partial charge is 0.488 e. The Morgan fingerprint density at radius 1 is 1.25 bits per heavy atom. The van der Waals surface area contributed by atoms with Gasteiger partial charge in [0, 0.05) is 19.5 Å². The van der Waals surface area contributed by atoms with Crippen LogP contribution in [0, 0.1) is 5.82 Å². The SMILES string of the molecule is Fc1ccc(CNCC2Cc3ccccc3O2)cc1Cl. The minimum Gasteiger partial charge on any atom is -0.488 e. The molecule has 0 radical (unpaired) electrons. The second-order valence-electron chi connectivity index (χ2n) is 4.93. The number of ether oxygens (including phenoxy) is 1. The van der Waals surface area contributed by atoms with Gasteiger partial charge in [-0.3, -0.25) is 0 Å². The van der Waals surface area contributed by atoms with Gasteiger partial charge in [0.15, 0.2) is 0 Å². The highest BCUT2D eigenvalue weighted by Crippen LogP contribution is 2.27. The monoisotopic (exact) mass is 291 g/mol. The first-order valence-electron chi connectivity index (χ1n) is 6.61. The summed E-state index contributed by atoms with van der Waals surface area (Å²) in [5.74, 6) is 0.592. The van der Waals surface area contributed by atoms with Crippen LogP contribution in [0.5, 0.6) is 5.75 Å². The molecule has 0 bridgehead atoms. The van der Waals surface area contributed by atoms with Crippen LogP contribution < -0.4 is 10.1 Å². The fourth-order valence-corrected chi connectivity index (χ4v) is 2.60. The van der Waals surface area contributed by atoms with Crippen LogP contribution in [0.1, 0.15) is 11.1 Å². The van der Waals surface area contributed by atoms with Crippen molar-refractivity contribution in [1.29, 1.82) is 0 Å². The molecule has 1 atom stereocenters. The number of hydrogen-bond acceptors (Lipinski definition) is 2. The number of fused-ring (bicyclic) bond motifs is 1. The Bertz CT molecular complexity index is 592. The Labute approximate surface area is 122 Å². The van der Waals surface area contributed by atoms with Crippen LogP contribution in [0.4, 0.5) is 4.39 Å². The molecule has 0 spiro atoms. The highest BCUT2D eigenvalue weighted by molar-refractivity contribution is 6.30. The maximum Gasteiger partial charge on any atom is 0.141 e. The molecule has 0 fully saturated rings. The van der Waals surface area contributed by atoms with Gasteiger partial charge in [-0.2, -0.15) is 0 Å². The Morgan fingerprint density at radius 2 is 2.10 bits per heavy atom. The van der Waals surface area contributed by atoms with Crippen molar-refractivity contribution in [1.82, 2.24) is 5.32 Å². The second-order valence-corrected chi connectivity index (χ2v) is 5.34. The van der Waals surface area contributed by atoms with E-state index in [0.717, 1.165) is 24.3 Å². The zero-order chi connectivity index (χ0) is 13.9. The van der Waals surface area contributed by atoms with Gasteiger partial charge in [-0.05, 0) is 29.3 Å². The summed E-state index contributed by atoms with van der Waals surface area (Å²) in [6, 6.07) is 12.9. The van der Waals surface area contributed by atoms with Gasteiger partial charge in [-0.15, -0.1) is 0 Å². The molecule has 1 N–H and O–H groups in total. The molecule has 1 unspecified atom stereocenters. The molecule has 0 aromatic heterocycles. The molecule has 1 aliphatic rings. The fraction of sp³-hybridized carbons (Fsp3) is 0.250.